The molecular weight excluding hydrogens is 312 g/mol. The molecule has 0 fully saturated rings. The van der Waals surface area contributed by atoms with Crippen LogP contribution in [-0.4, -0.2) is 35.7 Å². The quantitative estimate of drug-likeness (QED) is 0.645. The highest BCUT2D eigenvalue weighted by Crippen LogP contribution is 2.13. The molecule has 2 aromatic rings. The number of nitrogens with one attached hydrogen (secondary N) is 2. The Labute approximate surface area is 138 Å². The van der Waals surface area contributed by atoms with E-state index in [2.05, 4.69) is 10.9 Å². The molecule has 0 bridgehead atoms. The zero-order valence-corrected chi connectivity index (χ0v) is 13.1. The molecule has 8 nitrogen and oxygen atoms in total. The average molecular weight is 328 g/mol. The SMILES string of the molecule is CN(C)C(=O)c1ccc(NNC(=O)c2ccc([N+](=O)[O-])cc2)cc1. The summed E-state index contributed by atoms with van der Waals surface area (Å²) in [6.45, 7) is 0. The van der Waals surface area contributed by atoms with E-state index in [1.807, 2.05) is 0 Å². The number of non-ortho nitro benzene ring substituents is 1. The summed E-state index contributed by atoms with van der Waals surface area (Å²) in [7, 11) is 3.33. The topological polar surface area (TPSA) is 105 Å². The van der Waals surface area contributed by atoms with Gasteiger partial charge in [-0.05, 0) is 36.4 Å². The fraction of sp³-hybridized carbons (Fsp3) is 0.125. The van der Waals surface area contributed by atoms with E-state index >= 15 is 0 Å². The smallest absolute Gasteiger partial charge is 0.269 e. The van der Waals surface area contributed by atoms with Crippen molar-refractivity contribution in [1.29, 1.82) is 0 Å². The summed E-state index contributed by atoms with van der Waals surface area (Å²) in [6, 6.07) is 11.9. The number of hydrogen-bond acceptors (Lipinski definition) is 5. The van der Waals surface area contributed by atoms with Crippen LogP contribution in [0.3, 0.4) is 0 Å². The van der Waals surface area contributed by atoms with Crippen LogP contribution < -0.4 is 10.9 Å². The number of anilines is 1. The summed E-state index contributed by atoms with van der Waals surface area (Å²) in [5, 5.41) is 10.6. The van der Waals surface area contributed by atoms with Gasteiger partial charge in [0.1, 0.15) is 0 Å². The molecule has 124 valence electrons. The molecule has 0 aliphatic carbocycles. The van der Waals surface area contributed by atoms with Crippen LogP contribution in [0.4, 0.5) is 11.4 Å². The Balaban J connectivity index is 1.96. The van der Waals surface area contributed by atoms with Crippen molar-refractivity contribution in [2.24, 2.45) is 0 Å². The van der Waals surface area contributed by atoms with Crippen LogP contribution >= 0.6 is 0 Å². The van der Waals surface area contributed by atoms with Gasteiger partial charge in [-0.2, -0.15) is 0 Å². The van der Waals surface area contributed by atoms with Crippen LogP contribution in [-0.2, 0) is 0 Å². The van der Waals surface area contributed by atoms with Gasteiger partial charge >= 0.3 is 0 Å². The van der Waals surface area contributed by atoms with Crippen molar-refractivity contribution >= 4 is 23.2 Å². The van der Waals surface area contributed by atoms with Gasteiger partial charge in [0.2, 0.25) is 0 Å². The van der Waals surface area contributed by atoms with E-state index in [-0.39, 0.29) is 17.2 Å². The highest BCUT2D eigenvalue weighted by molar-refractivity contribution is 5.95. The molecule has 2 aromatic carbocycles. The lowest BCUT2D eigenvalue weighted by Crippen LogP contribution is -2.29. The number of carbonyl (C=O) groups excluding carboxylic acids is 2. The van der Waals surface area contributed by atoms with Crippen molar-refractivity contribution in [2.45, 2.75) is 0 Å². The summed E-state index contributed by atoms with van der Waals surface area (Å²) in [5.41, 5.74) is 6.53. The summed E-state index contributed by atoms with van der Waals surface area (Å²) >= 11 is 0. The van der Waals surface area contributed by atoms with Crippen LogP contribution in [0.15, 0.2) is 48.5 Å². The Hall–Kier alpha value is -3.42. The Kier molecular flexibility index (Phi) is 5.10. The van der Waals surface area contributed by atoms with E-state index in [1.165, 1.54) is 29.2 Å². The van der Waals surface area contributed by atoms with E-state index in [0.29, 0.717) is 11.3 Å². The molecule has 0 saturated carbocycles. The molecule has 0 saturated heterocycles. The average Bonchev–Trinajstić information content (AvgIpc) is 2.59. The van der Waals surface area contributed by atoms with Crippen LogP contribution in [0.5, 0.6) is 0 Å². The number of rotatable bonds is 5. The molecule has 2 rings (SSSR count). The predicted molar refractivity (Wildman–Crippen MR) is 88.6 cm³/mol. The van der Waals surface area contributed by atoms with E-state index in [9.17, 15) is 19.7 Å². The molecule has 0 atom stereocenters. The lowest BCUT2D eigenvalue weighted by Gasteiger charge is -2.12. The highest BCUT2D eigenvalue weighted by atomic mass is 16.6. The number of nitrogens with zero attached hydrogens (tertiary/aromatic N) is 2. The summed E-state index contributed by atoms with van der Waals surface area (Å²) in [4.78, 5) is 35.2. The van der Waals surface area contributed by atoms with Crippen molar-refractivity contribution in [3.8, 4) is 0 Å². The monoisotopic (exact) mass is 328 g/mol. The lowest BCUT2D eigenvalue weighted by atomic mass is 10.2. The fourth-order valence-corrected chi connectivity index (χ4v) is 1.89. The predicted octanol–water partition coefficient (Wildman–Crippen LogP) is 2.05. The molecular formula is C16H16N4O4. The molecule has 0 aromatic heterocycles. The number of amides is 2. The maximum Gasteiger partial charge on any atom is 0.269 e. The third kappa shape index (κ3) is 4.07. The first-order valence-electron chi connectivity index (χ1n) is 7.01. The van der Waals surface area contributed by atoms with Gasteiger partial charge < -0.3 is 4.90 Å². The highest BCUT2D eigenvalue weighted by Gasteiger charge is 2.10. The second-order valence-electron chi connectivity index (χ2n) is 5.16. The summed E-state index contributed by atoms with van der Waals surface area (Å²) in [5.74, 6) is -0.546. The lowest BCUT2D eigenvalue weighted by molar-refractivity contribution is -0.384. The maximum atomic E-state index is 12.0. The van der Waals surface area contributed by atoms with Crippen molar-refractivity contribution in [3.05, 3.63) is 69.8 Å². The van der Waals surface area contributed by atoms with E-state index < -0.39 is 10.8 Å². The number of nitro groups is 1. The Morgan fingerprint density at radius 2 is 1.50 bits per heavy atom. The molecule has 8 heteroatoms. The number of hydrogen-bond donors (Lipinski definition) is 2. The van der Waals surface area contributed by atoms with Gasteiger partial charge in [-0.25, -0.2) is 0 Å². The minimum Gasteiger partial charge on any atom is -0.345 e. The maximum absolute atomic E-state index is 12.0. The third-order valence-electron chi connectivity index (χ3n) is 3.20. The molecule has 2 amide bonds. The van der Waals surface area contributed by atoms with Gasteiger partial charge in [0, 0.05) is 37.4 Å². The third-order valence-corrected chi connectivity index (χ3v) is 3.20. The largest absolute Gasteiger partial charge is 0.345 e. The second-order valence-corrected chi connectivity index (χ2v) is 5.16. The van der Waals surface area contributed by atoms with Crippen LogP contribution in [0, 0.1) is 10.1 Å². The molecule has 0 spiro atoms. The molecule has 2 N–H and O–H groups in total. The first-order valence-corrected chi connectivity index (χ1v) is 7.01. The minimum absolute atomic E-state index is 0.0827. The number of nitro benzene ring substituents is 1. The molecule has 0 aliphatic rings. The second kappa shape index (κ2) is 7.23. The van der Waals surface area contributed by atoms with Crippen molar-refractivity contribution < 1.29 is 14.5 Å². The van der Waals surface area contributed by atoms with Gasteiger partial charge in [0.05, 0.1) is 10.6 Å². The first kappa shape index (κ1) is 16.9. The van der Waals surface area contributed by atoms with Gasteiger partial charge in [-0.3, -0.25) is 30.6 Å². The number of benzene rings is 2. The van der Waals surface area contributed by atoms with Crippen molar-refractivity contribution in [1.82, 2.24) is 10.3 Å². The molecule has 0 heterocycles. The normalized spacial score (nSPS) is 9.92. The summed E-state index contributed by atoms with van der Waals surface area (Å²) in [6.07, 6.45) is 0. The molecule has 24 heavy (non-hydrogen) atoms. The van der Waals surface area contributed by atoms with Gasteiger partial charge in [-0.15, -0.1) is 0 Å². The zero-order chi connectivity index (χ0) is 17.7. The minimum atomic E-state index is -0.531. The number of carbonyl (C=O) groups is 2. The van der Waals surface area contributed by atoms with Crippen LogP contribution in [0.2, 0.25) is 0 Å². The Morgan fingerprint density at radius 1 is 0.958 bits per heavy atom. The van der Waals surface area contributed by atoms with Gasteiger partial charge in [0.15, 0.2) is 0 Å². The van der Waals surface area contributed by atoms with Gasteiger partial charge in [0.25, 0.3) is 17.5 Å². The van der Waals surface area contributed by atoms with Gasteiger partial charge in [-0.1, -0.05) is 0 Å². The summed E-state index contributed by atoms with van der Waals surface area (Å²) < 4.78 is 0. The van der Waals surface area contributed by atoms with E-state index in [1.54, 1.807) is 38.4 Å². The molecule has 0 unspecified atom stereocenters. The number of hydrazine groups is 1. The Morgan fingerprint density at radius 3 is 2.00 bits per heavy atom. The van der Waals surface area contributed by atoms with Crippen molar-refractivity contribution in [3.63, 3.8) is 0 Å². The Bertz CT molecular complexity index is 755. The molecule has 0 radical (unpaired) electrons. The van der Waals surface area contributed by atoms with E-state index in [4.69, 9.17) is 0 Å². The first-order chi connectivity index (χ1) is 11.4. The van der Waals surface area contributed by atoms with E-state index in [0.717, 1.165) is 0 Å². The van der Waals surface area contributed by atoms with Crippen LogP contribution in [0.25, 0.3) is 0 Å². The fourth-order valence-electron chi connectivity index (χ4n) is 1.89. The van der Waals surface area contributed by atoms with Crippen molar-refractivity contribution in [2.75, 3.05) is 19.5 Å². The zero-order valence-electron chi connectivity index (χ0n) is 13.1. The standard InChI is InChI=1S/C16H16N4O4/c1-19(2)16(22)12-3-7-13(8-4-12)17-18-15(21)11-5-9-14(10-6-11)20(23)24/h3-10,17H,1-2H3,(H,18,21). The molecule has 0 aliphatic heterocycles. The van der Waals surface area contributed by atoms with Crippen LogP contribution in [0.1, 0.15) is 20.7 Å².